The molecule has 0 spiro atoms. The number of ether oxygens (including phenoxy) is 1. The molecule has 3 aromatic rings. The number of amides is 1. The Balaban J connectivity index is 1.27. The van der Waals surface area contributed by atoms with Gasteiger partial charge in [-0.15, -0.1) is 11.8 Å². The number of phosphoric acid groups is 1. The average Bonchev–Trinajstić information content (AvgIpc) is 3.72. The fourth-order valence-corrected chi connectivity index (χ4v) is 7.73. The van der Waals surface area contributed by atoms with Crippen molar-refractivity contribution in [1.29, 1.82) is 0 Å². The zero-order valence-corrected chi connectivity index (χ0v) is 23.0. The lowest BCUT2D eigenvalue weighted by molar-refractivity contribution is 0.0490. The Hall–Kier alpha value is -3.22. The van der Waals surface area contributed by atoms with Gasteiger partial charge in [0, 0.05) is 40.9 Å². The molecule has 214 valence electrons. The summed E-state index contributed by atoms with van der Waals surface area (Å²) in [5.41, 5.74) is 5.80. The van der Waals surface area contributed by atoms with Crippen molar-refractivity contribution in [1.82, 2.24) is 9.58 Å². The molecular weight excluding hydrogens is 579 g/mol. The van der Waals surface area contributed by atoms with E-state index in [2.05, 4.69) is 9.95 Å². The van der Waals surface area contributed by atoms with E-state index in [4.69, 9.17) is 14.5 Å². The number of phosphoric ester groups is 1. The predicted molar refractivity (Wildman–Crippen MR) is 143 cm³/mol. The van der Waals surface area contributed by atoms with Gasteiger partial charge in [-0.1, -0.05) is 18.2 Å². The number of nitrogens with one attached hydrogen (secondary N) is 1. The number of nitrogens with zero attached hydrogens (tertiary/aromatic N) is 2. The zero-order valence-electron chi connectivity index (χ0n) is 21.3. The number of pyridine rings is 1. The van der Waals surface area contributed by atoms with Crippen LogP contribution < -0.4 is 15.6 Å². The first-order chi connectivity index (χ1) is 19.6. The minimum atomic E-state index is -4.85. The molecule has 10 nitrogen and oxygen atoms in total. The molecule has 4 aliphatic rings. The molecule has 2 aromatic carbocycles. The third-order valence-corrected chi connectivity index (χ3v) is 9.89. The molecule has 1 aromatic heterocycles. The van der Waals surface area contributed by atoms with Crippen molar-refractivity contribution in [2.75, 3.05) is 18.8 Å². The second kappa shape index (κ2) is 9.67. The van der Waals surface area contributed by atoms with Gasteiger partial charge in [-0.3, -0.25) is 14.3 Å². The summed E-state index contributed by atoms with van der Waals surface area (Å²) in [5.74, 6) is -1.76. The highest BCUT2D eigenvalue weighted by Gasteiger charge is 2.56. The summed E-state index contributed by atoms with van der Waals surface area (Å²) in [7, 11) is -4.85. The summed E-state index contributed by atoms with van der Waals surface area (Å²) in [4.78, 5) is 47.1. The third-order valence-electron chi connectivity index (χ3n) is 8.32. The van der Waals surface area contributed by atoms with Gasteiger partial charge in [0.05, 0.1) is 0 Å². The van der Waals surface area contributed by atoms with Gasteiger partial charge in [0.15, 0.2) is 17.3 Å². The van der Waals surface area contributed by atoms with E-state index in [-0.39, 0.29) is 23.3 Å². The van der Waals surface area contributed by atoms with Gasteiger partial charge in [0.25, 0.3) is 5.91 Å². The number of rotatable bonds is 5. The molecule has 4 atom stereocenters. The SMILES string of the molecule is O=C1c2c(OCOP(=O)(O)O)c(=O)ccn2N[C@@H]2C(c3cccc4c3Cc3ccc(F)c(F)c3CS4)[C@@H]3CC3CN12. The summed E-state index contributed by atoms with van der Waals surface area (Å²) in [6.45, 7) is -0.448. The molecule has 0 radical (unpaired) electrons. The van der Waals surface area contributed by atoms with Crippen molar-refractivity contribution in [3.63, 3.8) is 0 Å². The van der Waals surface area contributed by atoms with Gasteiger partial charge < -0.3 is 24.8 Å². The van der Waals surface area contributed by atoms with Crippen molar-refractivity contribution in [3.05, 3.63) is 92.4 Å². The van der Waals surface area contributed by atoms with Crippen LogP contribution >= 0.6 is 19.6 Å². The first-order valence-electron chi connectivity index (χ1n) is 13.0. The van der Waals surface area contributed by atoms with E-state index in [9.17, 15) is 22.9 Å². The summed E-state index contributed by atoms with van der Waals surface area (Å²) < 4.78 is 50.8. The van der Waals surface area contributed by atoms with Crippen molar-refractivity contribution < 1.29 is 37.2 Å². The van der Waals surface area contributed by atoms with E-state index >= 15 is 0 Å². The molecule has 4 heterocycles. The number of benzene rings is 2. The number of hydrogen-bond acceptors (Lipinski definition) is 7. The highest BCUT2D eigenvalue weighted by Crippen LogP contribution is 2.57. The molecule has 1 saturated heterocycles. The number of fused-ring (bicyclic) bond motifs is 5. The van der Waals surface area contributed by atoms with Crippen LogP contribution in [-0.4, -0.2) is 44.8 Å². The quantitative estimate of drug-likeness (QED) is 0.296. The third kappa shape index (κ3) is 4.56. The minimum absolute atomic E-state index is 0.0882. The Kier molecular flexibility index (Phi) is 6.29. The van der Waals surface area contributed by atoms with Crippen LogP contribution in [0.4, 0.5) is 8.78 Å². The van der Waals surface area contributed by atoms with Gasteiger partial charge in [0.2, 0.25) is 18.0 Å². The number of aromatic nitrogens is 1. The highest BCUT2D eigenvalue weighted by atomic mass is 32.2. The number of thioether (sulfide) groups is 1. The van der Waals surface area contributed by atoms with Crippen LogP contribution in [0.25, 0.3) is 0 Å². The van der Waals surface area contributed by atoms with Crippen molar-refractivity contribution in [2.24, 2.45) is 11.8 Å². The summed E-state index contributed by atoms with van der Waals surface area (Å²) in [6, 6.07) is 9.97. The molecule has 3 aliphatic heterocycles. The molecule has 41 heavy (non-hydrogen) atoms. The topological polar surface area (TPSA) is 130 Å². The molecular formula is C27H24F2N3O7PS. The van der Waals surface area contributed by atoms with E-state index < -0.39 is 43.8 Å². The van der Waals surface area contributed by atoms with E-state index in [1.807, 2.05) is 18.2 Å². The standard InChI is InChI=1S/C27H24F2N3O7PS/c28-19-5-4-13-8-17-15(2-1-3-21(17)41-11-18(13)23(19)29)22-16-9-14(16)10-31-26(22)30-32-7-6-20(33)25(24(32)27(31)34)38-12-39-40(35,36)37/h1-7,14,16,22,26,30H,8-12H2,(H2,35,36,37)/t14?,16-,22?,26+/m1/s1. The number of carbonyl (C=O) groups is 1. The lowest BCUT2D eigenvalue weighted by Crippen LogP contribution is -2.59. The first kappa shape index (κ1) is 26.7. The Labute approximate surface area is 236 Å². The maximum atomic E-state index is 14.7. The predicted octanol–water partition coefficient (Wildman–Crippen LogP) is 3.53. The Morgan fingerprint density at radius 3 is 2.76 bits per heavy atom. The zero-order chi connectivity index (χ0) is 28.6. The molecule has 2 fully saturated rings. The second-order valence-corrected chi connectivity index (χ2v) is 12.9. The molecule has 14 heteroatoms. The van der Waals surface area contributed by atoms with Crippen LogP contribution in [0, 0.1) is 23.5 Å². The molecule has 7 rings (SSSR count). The number of halogens is 2. The summed E-state index contributed by atoms with van der Waals surface area (Å²) >= 11 is 1.47. The van der Waals surface area contributed by atoms with E-state index in [0.29, 0.717) is 30.2 Å². The van der Waals surface area contributed by atoms with E-state index in [0.717, 1.165) is 34.1 Å². The lowest BCUT2D eigenvalue weighted by Gasteiger charge is -2.46. The van der Waals surface area contributed by atoms with Crippen LogP contribution in [-0.2, 0) is 21.3 Å². The Morgan fingerprint density at radius 2 is 1.95 bits per heavy atom. The van der Waals surface area contributed by atoms with Crippen LogP contribution in [0.2, 0.25) is 0 Å². The summed E-state index contributed by atoms with van der Waals surface area (Å²) in [6.07, 6.45) is 2.30. The fraction of sp³-hybridized carbons (Fsp3) is 0.333. The number of hydrogen-bond donors (Lipinski definition) is 3. The minimum Gasteiger partial charge on any atom is -0.460 e. The molecule has 1 aliphatic carbocycles. The monoisotopic (exact) mass is 603 g/mol. The van der Waals surface area contributed by atoms with Gasteiger partial charge in [-0.25, -0.2) is 17.9 Å². The largest absolute Gasteiger partial charge is 0.472 e. The first-order valence-corrected chi connectivity index (χ1v) is 15.5. The molecule has 3 N–H and O–H groups in total. The van der Waals surface area contributed by atoms with Crippen LogP contribution in [0.1, 0.15) is 45.1 Å². The number of carbonyl (C=O) groups excluding carboxylic acids is 1. The van der Waals surface area contributed by atoms with Crippen molar-refractivity contribution in [2.45, 2.75) is 35.6 Å². The Bertz CT molecular complexity index is 1710. The van der Waals surface area contributed by atoms with E-state index in [1.165, 1.54) is 28.7 Å². The maximum absolute atomic E-state index is 14.7. The Morgan fingerprint density at radius 1 is 1.12 bits per heavy atom. The lowest BCUT2D eigenvalue weighted by atomic mass is 9.82. The van der Waals surface area contributed by atoms with Gasteiger partial charge >= 0.3 is 7.82 Å². The summed E-state index contributed by atoms with van der Waals surface area (Å²) in [5, 5.41) is 0. The molecule has 1 amide bonds. The second-order valence-electron chi connectivity index (χ2n) is 10.6. The van der Waals surface area contributed by atoms with Crippen molar-refractivity contribution >= 4 is 25.5 Å². The van der Waals surface area contributed by atoms with Crippen molar-refractivity contribution in [3.8, 4) is 5.75 Å². The molecule has 0 bridgehead atoms. The van der Waals surface area contributed by atoms with Crippen LogP contribution in [0.3, 0.4) is 0 Å². The van der Waals surface area contributed by atoms with Crippen LogP contribution in [0.5, 0.6) is 5.75 Å². The van der Waals surface area contributed by atoms with E-state index in [1.54, 1.807) is 11.0 Å². The van der Waals surface area contributed by atoms with Crippen LogP contribution in [0.15, 0.2) is 52.3 Å². The van der Waals surface area contributed by atoms with Gasteiger partial charge in [0.1, 0.15) is 6.17 Å². The van der Waals surface area contributed by atoms with Gasteiger partial charge in [-0.2, -0.15) is 0 Å². The average molecular weight is 604 g/mol. The smallest absolute Gasteiger partial charge is 0.460 e. The molecule has 1 saturated carbocycles. The highest BCUT2D eigenvalue weighted by molar-refractivity contribution is 7.98. The number of piperidine rings is 1. The molecule has 2 unspecified atom stereocenters. The maximum Gasteiger partial charge on any atom is 0.472 e. The fourth-order valence-electron chi connectivity index (χ4n) is 6.39. The van der Waals surface area contributed by atoms with Gasteiger partial charge in [-0.05, 0) is 53.5 Å². The normalized spacial score (nSPS) is 24.2.